The van der Waals surface area contributed by atoms with E-state index in [-0.39, 0.29) is 17.7 Å². The number of aliphatic carboxylic acids is 1. The van der Waals surface area contributed by atoms with Crippen molar-refractivity contribution < 1.29 is 14.7 Å². The lowest BCUT2D eigenvalue weighted by molar-refractivity contribution is -0.151. The zero-order valence-electron chi connectivity index (χ0n) is 13.8. The van der Waals surface area contributed by atoms with Crippen LogP contribution < -0.4 is 4.90 Å². The molecule has 1 saturated carbocycles. The van der Waals surface area contributed by atoms with Gasteiger partial charge in [0.2, 0.25) is 5.91 Å². The molecule has 1 aliphatic heterocycles. The smallest absolute Gasteiger partial charge is 0.307 e. The van der Waals surface area contributed by atoms with Gasteiger partial charge in [0.05, 0.1) is 11.8 Å². The summed E-state index contributed by atoms with van der Waals surface area (Å²) in [7, 11) is 0. The third-order valence-electron chi connectivity index (χ3n) is 5.81. The van der Waals surface area contributed by atoms with E-state index in [2.05, 4.69) is 4.90 Å². The molecule has 25 heavy (non-hydrogen) atoms. The molecule has 1 heterocycles. The highest BCUT2D eigenvalue weighted by atomic mass is 35.5. The van der Waals surface area contributed by atoms with E-state index >= 15 is 0 Å². The standard InChI is InChI=1S/C19H21ClN2O3/c20-14-3-5-15(6-4-14)21-7-9-22(10-8-21)18(23)16-12-1-2-13(11-12)17(16)19(24)25/h1-6,12-13,16-17H,7-11H2,(H,24,25)/t12-,13-,16+,17-/m0/s1. The maximum Gasteiger partial charge on any atom is 0.307 e. The van der Waals surface area contributed by atoms with Crippen LogP contribution in [0.2, 0.25) is 5.02 Å². The predicted molar refractivity (Wildman–Crippen MR) is 95.6 cm³/mol. The summed E-state index contributed by atoms with van der Waals surface area (Å²) in [6.45, 7) is 2.76. The molecule has 0 spiro atoms. The number of amides is 1. The maximum atomic E-state index is 13.0. The zero-order chi connectivity index (χ0) is 17.6. The molecular weight excluding hydrogens is 340 g/mol. The quantitative estimate of drug-likeness (QED) is 0.841. The van der Waals surface area contributed by atoms with E-state index in [4.69, 9.17) is 11.6 Å². The Balaban J connectivity index is 1.42. The van der Waals surface area contributed by atoms with Crippen molar-refractivity contribution >= 4 is 29.2 Å². The monoisotopic (exact) mass is 360 g/mol. The molecule has 6 heteroatoms. The first kappa shape index (κ1) is 16.5. The second-order valence-electron chi connectivity index (χ2n) is 7.13. The first-order valence-corrected chi connectivity index (χ1v) is 9.13. The summed E-state index contributed by atoms with van der Waals surface area (Å²) in [5.74, 6) is -1.67. The van der Waals surface area contributed by atoms with Crippen LogP contribution in [-0.4, -0.2) is 48.1 Å². The van der Waals surface area contributed by atoms with Gasteiger partial charge in [-0.15, -0.1) is 0 Å². The summed E-state index contributed by atoms with van der Waals surface area (Å²) in [6.07, 6.45) is 4.82. The molecule has 1 amide bonds. The van der Waals surface area contributed by atoms with E-state index in [1.54, 1.807) is 0 Å². The number of anilines is 1. The van der Waals surface area contributed by atoms with Crippen LogP contribution in [0.15, 0.2) is 36.4 Å². The minimum Gasteiger partial charge on any atom is -0.481 e. The van der Waals surface area contributed by atoms with Gasteiger partial charge in [-0.05, 0) is 42.5 Å². The van der Waals surface area contributed by atoms with Crippen LogP contribution in [0, 0.1) is 23.7 Å². The van der Waals surface area contributed by atoms with Gasteiger partial charge >= 0.3 is 5.97 Å². The van der Waals surface area contributed by atoms with Gasteiger partial charge in [-0.25, -0.2) is 0 Å². The van der Waals surface area contributed by atoms with Crippen LogP contribution >= 0.6 is 11.6 Å². The Morgan fingerprint density at radius 3 is 2.16 bits per heavy atom. The number of piperazine rings is 1. The van der Waals surface area contributed by atoms with Gasteiger partial charge in [0.25, 0.3) is 0 Å². The number of rotatable bonds is 3. The lowest BCUT2D eigenvalue weighted by Gasteiger charge is -2.38. The van der Waals surface area contributed by atoms with Crippen LogP contribution in [0.5, 0.6) is 0 Å². The van der Waals surface area contributed by atoms with Crippen LogP contribution in [0.4, 0.5) is 5.69 Å². The summed E-state index contributed by atoms with van der Waals surface area (Å²) in [6, 6.07) is 7.71. The molecule has 132 valence electrons. The number of carboxylic acid groups (broad SMARTS) is 1. The highest BCUT2D eigenvalue weighted by Gasteiger charge is 2.52. The van der Waals surface area contributed by atoms with Crippen molar-refractivity contribution in [1.29, 1.82) is 0 Å². The molecule has 2 aliphatic carbocycles. The van der Waals surface area contributed by atoms with Crippen molar-refractivity contribution in [3.05, 3.63) is 41.4 Å². The molecule has 0 unspecified atom stereocenters. The molecule has 0 radical (unpaired) electrons. The highest BCUT2D eigenvalue weighted by molar-refractivity contribution is 6.30. The second-order valence-corrected chi connectivity index (χ2v) is 7.56. The van der Waals surface area contributed by atoms with Gasteiger partial charge in [0.15, 0.2) is 0 Å². The number of carbonyl (C=O) groups excluding carboxylic acids is 1. The Kier molecular flexibility index (Phi) is 4.20. The number of halogens is 1. The molecule has 1 aromatic rings. The normalized spacial score (nSPS) is 30.8. The molecule has 1 saturated heterocycles. The van der Waals surface area contributed by atoms with E-state index in [0.29, 0.717) is 18.1 Å². The summed E-state index contributed by atoms with van der Waals surface area (Å²) in [4.78, 5) is 28.7. The van der Waals surface area contributed by atoms with Crippen LogP contribution in [0.1, 0.15) is 6.42 Å². The minimum atomic E-state index is -0.838. The Bertz CT molecular complexity index is 710. The second kappa shape index (κ2) is 6.37. The topological polar surface area (TPSA) is 60.9 Å². The van der Waals surface area contributed by atoms with Crippen LogP contribution in [0.25, 0.3) is 0 Å². The van der Waals surface area contributed by atoms with E-state index in [1.807, 2.05) is 41.3 Å². The summed E-state index contributed by atoms with van der Waals surface area (Å²) >= 11 is 5.93. The van der Waals surface area contributed by atoms with Crippen LogP contribution in [-0.2, 0) is 9.59 Å². The molecular formula is C19H21ClN2O3. The van der Waals surface area contributed by atoms with Crippen molar-refractivity contribution in [3.63, 3.8) is 0 Å². The first-order valence-electron chi connectivity index (χ1n) is 8.75. The van der Waals surface area contributed by atoms with Crippen molar-refractivity contribution in [2.45, 2.75) is 6.42 Å². The van der Waals surface area contributed by atoms with E-state index in [1.165, 1.54) is 0 Å². The number of carbonyl (C=O) groups is 2. The molecule has 1 N–H and O–H groups in total. The lowest BCUT2D eigenvalue weighted by atomic mass is 9.82. The van der Waals surface area contributed by atoms with Crippen molar-refractivity contribution in [2.24, 2.45) is 23.7 Å². The summed E-state index contributed by atoms with van der Waals surface area (Å²) < 4.78 is 0. The van der Waals surface area contributed by atoms with Gasteiger partial charge in [0.1, 0.15) is 0 Å². The fourth-order valence-corrected chi connectivity index (χ4v) is 4.67. The molecule has 2 fully saturated rings. The summed E-state index contributed by atoms with van der Waals surface area (Å²) in [5, 5.41) is 10.3. The Labute approximate surface area is 151 Å². The minimum absolute atomic E-state index is 0.0139. The molecule has 1 aromatic carbocycles. The number of allylic oxidation sites excluding steroid dienone is 2. The molecule has 0 aromatic heterocycles. The van der Waals surface area contributed by atoms with Crippen molar-refractivity contribution in [3.8, 4) is 0 Å². The van der Waals surface area contributed by atoms with E-state index < -0.39 is 17.8 Å². The van der Waals surface area contributed by atoms with E-state index in [9.17, 15) is 14.7 Å². The van der Waals surface area contributed by atoms with Gasteiger partial charge in [-0.2, -0.15) is 0 Å². The average molecular weight is 361 g/mol. The lowest BCUT2D eigenvalue weighted by Crippen LogP contribution is -2.52. The predicted octanol–water partition coefficient (Wildman–Crippen LogP) is 2.51. The fourth-order valence-electron chi connectivity index (χ4n) is 4.54. The highest BCUT2D eigenvalue weighted by Crippen LogP contribution is 2.48. The van der Waals surface area contributed by atoms with Gasteiger partial charge in [-0.3, -0.25) is 9.59 Å². The van der Waals surface area contributed by atoms with E-state index in [0.717, 1.165) is 25.2 Å². The number of hydrogen-bond donors (Lipinski definition) is 1. The molecule has 3 aliphatic rings. The summed E-state index contributed by atoms with van der Waals surface area (Å²) in [5.41, 5.74) is 1.10. The number of benzene rings is 1. The zero-order valence-corrected chi connectivity index (χ0v) is 14.6. The Morgan fingerprint density at radius 1 is 0.960 bits per heavy atom. The Hall–Kier alpha value is -2.01. The van der Waals surface area contributed by atoms with Gasteiger partial charge in [0, 0.05) is 36.9 Å². The molecule has 4 atom stereocenters. The third-order valence-corrected chi connectivity index (χ3v) is 6.06. The maximum absolute atomic E-state index is 13.0. The fraction of sp³-hybridized carbons (Fsp3) is 0.474. The van der Waals surface area contributed by atoms with Crippen molar-refractivity contribution in [1.82, 2.24) is 4.90 Å². The number of nitrogens with zero attached hydrogens (tertiary/aromatic N) is 2. The first-order chi connectivity index (χ1) is 12.0. The number of fused-ring (bicyclic) bond motifs is 2. The number of hydrogen-bond acceptors (Lipinski definition) is 3. The molecule has 4 rings (SSSR count). The van der Waals surface area contributed by atoms with Crippen LogP contribution in [0.3, 0.4) is 0 Å². The van der Waals surface area contributed by atoms with Crippen molar-refractivity contribution in [2.75, 3.05) is 31.1 Å². The SMILES string of the molecule is O=C(O)[C@@H]1[C@H](C(=O)N2CCN(c3ccc(Cl)cc3)CC2)[C@H]2C=C[C@H]1C2. The largest absolute Gasteiger partial charge is 0.481 e. The molecule has 5 nitrogen and oxygen atoms in total. The average Bonchev–Trinajstić information content (AvgIpc) is 3.23. The van der Waals surface area contributed by atoms with Gasteiger partial charge in [-0.1, -0.05) is 23.8 Å². The van der Waals surface area contributed by atoms with Gasteiger partial charge < -0.3 is 14.9 Å². The molecule has 2 bridgehead atoms. The number of carboxylic acids is 1. The third kappa shape index (κ3) is 2.91. The Morgan fingerprint density at radius 2 is 1.56 bits per heavy atom.